The zero-order valence-electron chi connectivity index (χ0n) is 15.7. The Morgan fingerprint density at radius 3 is 2.37 bits per heavy atom. The van der Waals surface area contributed by atoms with Gasteiger partial charge in [0.1, 0.15) is 5.82 Å². The SMILES string of the molecule is Cc1ccc(NC(=O)c2nc(-c3ccc(F)cc3)n(-c3ccc(Cl)cc3)n2)cc1Cl. The van der Waals surface area contributed by atoms with Crippen molar-refractivity contribution in [3.63, 3.8) is 0 Å². The molecule has 0 atom stereocenters. The van der Waals surface area contributed by atoms with Crippen LogP contribution in [0.5, 0.6) is 0 Å². The summed E-state index contributed by atoms with van der Waals surface area (Å²) in [6.07, 6.45) is 0. The smallest absolute Gasteiger partial charge is 0.295 e. The second kappa shape index (κ2) is 8.26. The molecule has 0 aliphatic carbocycles. The molecule has 3 aromatic carbocycles. The Bertz CT molecular complexity index is 1160. The highest BCUT2D eigenvalue weighted by Gasteiger charge is 2.19. The molecule has 4 rings (SSSR count). The number of amides is 1. The van der Waals surface area contributed by atoms with Gasteiger partial charge in [-0.25, -0.2) is 14.1 Å². The van der Waals surface area contributed by atoms with Crippen LogP contribution >= 0.6 is 23.2 Å². The lowest BCUT2D eigenvalue weighted by Gasteiger charge is -2.06. The van der Waals surface area contributed by atoms with Gasteiger partial charge in [0.05, 0.1) is 5.69 Å². The normalized spacial score (nSPS) is 10.8. The van der Waals surface area contributed by atoms with Crippen LogP contribution in [-0.4, -0.2) is 20.7 Å². The van der Waals surface area contributed by atoms with Gasteiger partial charge in [0.15, 0.2) is 5.82 Å². The van der Waals surface area contributed by atoms with Gasteiger partial charge in [-0.2, -0.15) is 0 Å². The van der Waals surface area contributed by atoms with E-state index in [-0.39, 0.29) is 11.6 Å². The van der Waals surface area contributed by atoms with Crippen LogP contribution in [0.2, 0.25) is 10.0 Å². The lowest BCUT2D eigenvalue weighted by molar-refractivity contribution is 0.101. The maximum Gasteiger partial charge on any atom is 0.295 e. The number of carbonyl (C=O) groups is 1. The molecule has 1 amide bonds. The summed E-state index contributed by atoms with van der Waals surface area (Å²) in [5.74, 6) is -0.512. The van der Waals surface area contributed by atoms with Crippen molar-refractivity contribution in [2.75, 3.05) is 5.32 Å². The molecule has 8 heteroatoms. The lowest BCUT2D eigenvalue weighted by Crippen LogP contribution is -2.14. The predicted octanol–water partition coefficient (Wildman–Crippen LogP) is 5.94. The van der Waals surface area contributed by atoms with Crippen molar-refractivity contribution in [1.82, 2.24) is 14.8 Å². The summed E-state index contributed by atoms with van der Waals surface area (Å²) in [5.41, 5.74) is 2.69. The summed E-state index contributed by atoms with van der Waals surface area (Å²) in [7, 11) is 0. The molecule has 30 heavy (non-hydrogen) atoms. The van der Waals surface area contributed by atoms with Gasteiger partial charge in [-0.05, 0) is 73.2 Å². The average molecular weight is 441 g/mol. The van der Waals surface area contributed by atoms with E-state index in [0.29, 0.717) is 32.8 Å². The first-order valence-corrected chi connectivity index (χ1v) is 9.73. The van der Waals surface area contributed by atoms with E-state index >= 15 is 0 Å². The fourth-order valence-electron chi connectivity index (χ4n) is 2.81. The quantitative estimate of drug-likeness (QED) is 0.426. The highest BCUT2D eigenvalue weighted by atomic mass is 35.5. The van der Waals surface area contributed by atoms with Gasteiger partial charge in [0, 0.05) is 21.3 Å². The molecule has 0 radical (unpaired) electrons. The minimum absolute atomic E-state index is 0.0408. The first kappa shape index (κ1) is 20.1. The number of nitrogens with zero attached hydrogens (tertiary/aromatic N) is 3. The summed E-state index contributed by atoms with van der Waals surface area (Å²) in [4.78, 5) is 17.2. The van der Waals surface area contributed by atoms with E-state index in [2.05, 4.69) is 15.4 Å². The summed E-state index contributed by atoms with van der Waals surface area (Å²) in [6.45, 7) is 1.87. The number of nitrogens with one attached hydrogen (secondary N) is 1. The lowest BCUT2D eigenvalue weighted by atomic mass is 10.2. The van der Waals surface area contributed by atoms with E-state index in [9.17, 15) is 9.18 Å². The van der Waals surface area contributed by atoms with Crippen LogP contribution in [-0.2, 0) is 0 Å². The Morgan fingerprint density at radius 2 is 1.70 bits per heavy atom. The van der Waals surface area contributed by atoms with Crippen molar-refractivity contribution in [3.05, 3.63) is 94.0 Å². The highest BCUT2D eigenvalue weighted by molar-refractivity contribution is 6.31. The number of aromatic nitrogens is 3. The first-order chi connectivity index (χ1) is 14.4. The number of halogens is 3. The third kappa shape index (κ3) is 4.20. The molecule has 0 unspecified atom stereocenters. The van der Waals surface area contributed by atoms with Gasteiger partial charge in [-0.15, -0.1) is 5.10 Å². The predicted molar refractivity (Wildman–Crippen MR) is 116 cm³/mol. The summed E-state index contributed by atoms with van der Waals surface area (Å²) in [6, 6.07) is 17.9. The maximum atomic E-state index is 13.4. The Balaban J connectivity index is 1.74. The number of aryl methyl sites for hydroxylation is 1. The molecule has 0 saturated carbocycles. The minimum atomic E-state index is -0.494. The fraction of sp³-hybridized carbons (Fsp3) is 0.0455. The van der Waals surface area contributed by atoms with Crippen LogP contribution in [0.4, 0.5) is 10.1 Å². The maximum absolute atomic E-state index is 13.4. The molecule has 0 aliphatic heterocycles. The largest absolute Gasteiger partial charge is 0.319 e. The Hall–Kier alpha value is -3.22. The summed E-state index contributed by atoms with van der Waals surface area (Å²) < 4.78 is 14.9. The number of hydrogen-bond donors (Lipinski definition) is 1. The molecular formula is C22H15Cl2FN4O. The van der Waals surface area contributed by atoms with E-state index < -0.39 is 5.91 Å². The molecule has 5 nitrogen and oxygen atoms in total. The first-order valence-electron chi connectivity index (χ1n) is 8.97. The van der Waals surface area contributed by atoms with E-state index in [1.54, 1.807) is 48.5 Å². The summed E-state index contributed by atoms with van der Waals surface area (Å²) >= 11 is 12.1. The zero-order valence-corrected chi connectivity index (χ0v) is 17.2. The van der Waals surface area contributed by atoms with Crippen molar-refractivity contribution in [2.45, 2.75) is 6.92 Å². The second-order valence-electron chi connectivity index (χ2n) is 6.57. The van der Waals surface area contributed by atoms with Crippen LogP contribution in [0.3, 0.4) is 0 Å². The molecule has 0 aliphatic rings. The fourth-order valence-corrected chi connectivity index (χ4v) is 3.12. The number of anilines is 1. The molecule has 4 aromatic rings. The summed E-state index contributed by atoms with van der Waals surface area (Å²) in [5, 5.41) is 8.22. The Labute approximate surface area is 182 Å². The van der Waals surface area contributed by atoms with E-state index in [1.165, 1.54) is 16.8 Å². The van der Waals surface area contributed by atoms with Crippen molar-refractivity contribution < 1.29 is 9.18 Å². The van der Waals surface area contributed by atoms with Gasteiger partial charge >= 0.3 is 0 Å². The van der Waals surface area contributed by atoms with Crippen molar-refractivity contribution in [1.29, 1.82) is 0 Å². The van der Waals surface area contributed by atoms with Gasteiger partial charge in [-0.3, -0.25) is 4.79 Å². The zero-order chi connectivity index (χ0) is 21.3. The number of rotatable bonds is 4. The van der Waals surface area contributed by atoms with Gasteiger partial charge in [0.25, 0.3) is 5.91 Å². The van der Waals surface area contributed by atoms with Crippen LogP contribution < -0.4 is 5.32 Å². The van der Waals surface area contributed by atoms with Gasteiger partial charge < -0.3 is 5.32 Å². The number of hydrogen-bond acceptors (Lipinski definition) is 3. The molecule has 0 fully saturated rings. The Kier molecular flexibility index (Phi) is 5.53. The molecular weight excluding hydrogens is 426 g/mol. The van der Waals surface area contributed by atoms with E-state index in [0.717, 1.165) is 5.56 Å². The number of carbonyl (C=O) groups excluding carboxylic acids is 1. The molecule has 0 saturated heterocycles. The highest BCUT2D eigenvalue weighted by Crippen LogP contribution is 2.24. The second-order valence-corrected chi connectivity index (χ2v) is 7.42. The molecule has 0 spiro atoms. The Morgan fingerprint density at radius 1 is 1.00 bits per heavy atom. The van der Waals surface area contributed by atoms with Crippen LogP contribution in [0.1, 0.15) is 16.2 Å². The number of benzene rings is 3. The van der Waals surface area contributed by atoms with E-state index in [4.69, 9.17) is 23.2 Å². The van der Waals surface area contributed by atoms with Crippen LogP contribution in [0.15, 0.2) is 66.7 Å². The van der Waals surface area contributed by atoms with E-state index in [1.807, 2.05) is 13.0 Å². The van der Waals surface area contributed by atoms with Crippen molar-refractivity contribution in [3.8, 4) is 17.1 Å². The molecule has 0 bridgehead atoms. The van der Waals surface area contributed by atoms with Crippen molar-refractivity contribution >= 4 is 34.8 Å². The van der Waals surface area contributed by atoms with Gasteiger partial charge in [-0.1, -0.05) is 29.3 Å². The molecule has 1 heterocycles. The monoisotopic (exact) mass is 440 g/mol. The molecule has 1 aromatic heterocycles. The van der Waals surface area contributed by atoms with Crippen LogP contribution in [0, 0.1) is 12.7 Å². The third-order valence-electron chi connectivity index (χ3n) is 4.41. The standard InChI is InChI=1S/C22H15Cl2FN4O/c1-13-2-9-17(12-19(13)24)26-22(30)20-27-21(14-3-7-16(25)8-4-14)29(28-20)18-10-5-15(23)6-11-18/h2-12H,1H3,(H,26,30). The average Bonchev–Trinajstić information content (AvgIpc) is 3.17. The van der Waals surface area contributed by atoms with Gasteiger partial charge in [0.2, 0.25) is 5.82 Å². The minimum Gasteiger partial charge on any atom is -0.319 e. The molecule has 1 N–H and O–H groups in total. The molecule has 150 valence electrons. The van der Waals surface area contributed by atoms with Crippen molar-refractivity contribution in [2.24, 2.45) is 0 Å². The third-order valence-corrected chi connectivity index (χ3v) is 5.07. The van der Waals surface area contributed by atoms with Crippen LogP contribution in [0.25, 0.3) is 17.1 Å². The topological polar surface area (TPSA) is 59.8 Å².